The van der Waals surface area contributed by atoms with Crippen molar-refractivity contribution < 1.29 is 8.78 Å². The van der Waals surface area contributed by atoms with Gasteiger partial charge in [0.15, 0.2) is 11.6 Å². The molecule has 0 atom stereocenters. The van der Waals surface area contributed by atoms with E-state index >= 15 is 0 Å². The number of nitrogen functional groups attached to an aromatic ring is 1. The molecule has 2 N–H and O–H groups in total. The molecule has 0 unspecified atom stereocenters. The van der Waals surface area contributed by atoms with Crippen LogP contribution in [0.3, 0.4) is 0 Å². The Balaban J connectivity index is 2.64. The first kappa shape index (κ1) is 12.5. The fourth-order valence-electron chi connectivity index (χ4n) is 1.71. The smallest absolute Gasteiger partial charge is 0.151 e. The number of nitrogens with zero attached hydrogens (tertiary/aromatic N) is 3. The summed E-state index contributed by atoms with van der Waals surface area (Å²) in [7, 11) is 0. The summed E-state index contributed by atoms with van der Waals surface area (Å²) in [4.78, 5) is 4.28. The lowest BCUT2D eigenvalue weighted by Gasteiger charge is -2.08. The minimum absolute atomic E-state index is 0.126. The highest BCUT2D eigenvalue weighted by molar-refractivity contribution is 5.58. The van der Waals surface area contributed by atoms with Crippen LogP contribution in [0.1, 0.15) is 25.5 Å². The molecule has 0 spiro atoms. The summed E-state index contributed by atoms with van der Waals surface area (Å²) in [5, 5.41) is 4.21. The standard InChI is InChI=1S/C12H14F2N4/c1-3-10-16-11(4-2)18(17-10)9-6-7(13)5-8(14)12(9)15/h5-6H,3-4,15H2,1-2H3. The molecule has 0 aliphatic carbocycles. The number of hydrogen-bond donors (Lipinski definition) is 1. The molecule has 0 aliphatic heterocycles. The van der Waals surface area contributed by atoms with Crippen LogP contribution in [-0.4, -0.2) is 14.8 Å². The summed E-state index contributed by atoms with van der Waals surface area (Å²) in [6.45, 7) is 3.81. The molecule has 0 bridgehead atoms. The van der Waals surface area contributed by atoms with E-state index in [1.54, 1.807) is 0 Å². The zero-order chi connectivity index (χ0) is 13.3. The van der Waals surface area contributed by atoms with E-state index < -0.39 is 11.6 Å². The lowest BCUT2D eigenvalue weighted by molar-refractivity contribution is 0.582. The number of hydrogen-bond acceptors (Lipinski definition) is 3. The predicted molar refractivity (Wildman–Crippen MR) is 64.4 cm³/mol. The third-order valence-corrected chi connectivity index (χ3v) is 2.65. The van der Waals surface area contributed by atoms with Crippen LogP contribution >= 0.6 is 0 Å². The highest BCUT2D eigenvalue weighted by atomic mass is 19.1. The Labute approximate surface area is 103 Å². The van der Waals surface area contributed by atoms with Gasteiger partial charge >= 0.3 is 0 Å². The van der Waals surface area contributed by atoms with Crippen LogP contribution in [0.4, 0.5) is 14.5 Å². The van der Waals surface area contributed by atoms with Gasteiger partial charge in [-0.1, -0.05) is 13.8 Å². The van der Waals surface area contributed by atoms with Gasteiger partial charge in [0.05, 0.1) is 11.4 Å². The summed E-state index contributed by atoms with van der Waals surface area (Å²) in [5.41, 5.74) is 5.69. The van der Waals surface area contributed by atoms with Gasteiger partial charge in [-0.25, -0.2) is 18.4 Å². The second kappa shape index (κ2) is 4.72. The maximum atomic E-state index is 13.4. The summed E-state index contributed by atoms with van der Waals surface area (Å²) < 4.78 is 28.1. The summed E-state index contributed by atoms with van der Waals surface area (Å²) in [6.07, 6.45) is 1.25. The third kappa shape index (κ3) is 2.05. The number of nitrogens with two attached hydrogens (primary N) is 1. The van der Waals surface area contributed by atoms with Crippen molar-refractivity contribution in [3.05, 3.63) is 35.4 Å². The normalized spacial score (nSPS) is 10.9. The summed E-state index contributed by atoms with van der Waals surface area (Å²) >= 11 is 0. The van der Waals surface area contributed by atoms with E-state index in [9.17, 15) is 8.78 Å². The van der Waals surface area contributed by atoms with E-state index in [0.717, 1.165) is 12.1 Å². The molecule has 0 saturated carbocycles. The molecular weight excluding hydrogens is 238 g/mol. The van der Waals surface area contributed by atoms with Gasteiger partial charge in [-0.05, 0) is 0 Å². The Morgan fingerprint density at radius 1 is 1.22 bits per heavy atom. The number of benzene rings is 1. The lowest BCUT2D eigenvalue weighted by atomic mass is 10.2. The monoisotopic (exact) mass is 252 g/mol. The van der Waals surface area contributed by atoms with Crippen molar-refractivity contribution in [3.8, 4) is 5.69 Å². The zero-order valence-electron chi connectivity index (χ0n) is 10.2. The fourth-order valence-corrected chi connectivity index (χ4v) is 1.71. The maximum absolute atomic E-state index is 13.4. The molecule has 1 aromatic heterocycles. The highest BCUT2D eigenvalue weighted by Gasteiger charge is 2.15. The minimum atomic E-state index is -0.791. The van der Waals surface area contributed by atoms with Crippen molar-refractivity contribution >= 4 is 5.69 Å². The van der Waals surface area contributed by atoms with Crippen LogP contribution in [-0.2, 0) is 12.8 Å². The first-order chi connectivity index (χ1) is 8.56. The van der Waals surface area contributed by atoms with E-state index in [1.807, 2.05) is 13.8 Å². The molecule has 0 amide bonds. The molecule has 0 aliphatic rings. The van der Waals surface area contributed by atoms with Crippen molar-refractivity contribution in [2.45, 2.75) is 26.7 Å². The van der Waals surface area contributed by atoms with Gasteiger partial charge < -0.3 is 5.73 Å². The van der Waals surface area contributed by atoms with Crippen LogP contribution in [0, 0.1) is 11.6 Å². The van der Waals surface area contributed by atoms with Crippen molar-refractivity contribution in [1.29, 1.82) is 0 Å². The molecule has 1 heterocycles. The average molecular weight is 252 g/mol. The van der Waals surface area contributed by atoms with Gasteiger partial charge in [-0.3, -0.25) is 0 Å². The van der Waals surface area contributed by atoms with Gasteiger partial charge in [0.2, 0.25) is 0 Å². The minimum Gasteiger partial charge on any atom is -0.395 e. The van der Waals surface area contributed by atoms with E-state index in [2.05, 4.69) is 10.1 Å². The van der Waals surface area contributed by atoms with Crippen molar-refractivity contribution in [3.63, 3.8) is 0 Å². The molecule has 0 saturated heterocycles. The molecule has 2 aromatic rings. The number of rotatable bonds is 3. The largest absolute Gasteiger partial charge is 0.395 e. The number of halogens is 2. The molecule has 2 rings (SSSR count). The van der Waals surface area contributed by atoms with Crippen LogP contribution in [0.25, 0.3) is 5.69 Å². The van der Waals surface area contributed by atoms with E-state index in [0.29, 0.717) is 24.5 Å². The number of aryl methyl sites for hydroxylation is 2. The van der Waals surface area contributed by atoms with Crippen LogP contribution < -0.4 is 5.73 Å². The fraction of sp³-hybridized carbons (Fsp3) is 0.333. The Morgan fingerprint density at radius 3 is 2.56 bits per heavy atom. The SMILES string of the molecule is CCc1nc(CC)n(-c2cc(F)cc(F)c2N)n1. The van der Waals surface area contributed by atoms with Crippen molar-refractivity contribution in [1.82, 2.24) is 14.8 Å². The van der Waals surface area contributed by atoms with Gasteiger partial charge in [0, 0.05) is 25.0 Å². The molecule has 18 heavy (non-hydrogen) atoms. The van der Waals surface area contributed by atoms with Crippen molar-refractivity contribution in [2.75, 3.05) is 5.73 Å². The van der Waals surface area contributed by atoms with Gasteiger partial charge in [0.1, 0.15) is 11.6 Å². The van der Waals surface area contributed by atoms with Crippen molar-refractivity contribution in [2.24, 2.45) is 0 Å². The Hall–Kier alpha value is -1.98. The second-order valence-electron chi connectivity index (χ2n) is 3.88. The maximum Gasteiger partial charge on any atom is 0.151 e. The lowest BCUT2D eigenvalue weighted by Crippen LogP contribution is -2.08. The Kier molecular flexibility index (Phi) is 3.27. The molecular formula is C12H14F2N4. The van der Waals surface area contributed by atoms with Crippen LogP contribution in [0.5, 0.6) is 0 Å². The quantitative estimate of drug-likeness (QED) is 0.852. The van der Waals surface area contributed by atoms with Gasteiger partial charge in [-0.15, -0.1) is 0 Å². The number of aromatic nitrogens is 3. The summed E-state index contributed by atoms with van der Waals surface area (Å²) in [5.74, 6) is -0.229. The van der Waals surface area contributed by atoms with Crippen LogP contribution in [0.2, 0.25) is 0 Å². The predicted octanol–water partition coefficient (Wildman–Crippen LogP) is 2.25. The topological polar surface area (TPSA) is 56.7 Å². The molecule has 1 aromatic carbocycles. The van der Waals surface area contributed by atoms with Gasteiger partial charge in [0.25, 0.3) is 0 Å². The van der Waals surface area contributed by atoms with Gasteiger partial charge in [-0.2, -0.15) is 5.10 Å². The Morgan fingerprint density at radius 2 is 1.94 bits per heavy atom. The first-order valence-electron chi connectivity index (χ1n) is 5.76. The summed E-state index contributed by atoms with van der Waals surface area (Å²) in [6, 6.07) is 1.91. The first-order valence-corrected chi connectivity index (χ1v) is 5.76. The number of anilines is 1. The molecule has 0 radical (unpaired) electrons. The molecule has 96 valence electrons. The average Bonchev–Trinajstić information content (AvgIpc) is 2.76. The highest BCUT2D eigenvalue weighted by Crippen LogP contribution is 2.23. The second-order valence-corrected chi connectivity index (χ2v) is 3.88. The third-order valence-electron chi connectivity index (χ3n) is 2.65. The Bertz CT molecular complexity index is 578. The van der Waals surface area contributed by atoms with E-state index in [1.165, 1.54) is 4.68 Å². The van der Waals surface area contributed by atoms with E-state index in [4.69, 9.17) is 5.73 Å². The molecule has 4 nitrogen and oxygen atoms in total. The molecule has 0 fully saturated rings. The zero-order valence-corrected chi connectivity index (χ0v) is 10.2. The van der Waals surface area contributed by atoms with Crippen LogP contribution in [0.15, 0.2) is 12.1 Å². The molecule has 6 heteroatoms. The van der Waals surface area contributed by atoms with E-state index in [-0.39, 0.29) is 11.4 Å².